The molecule has 3 rings (SSSR count). The van der Waals surface area contributed by atoms with Crippen LogP contribution in [0.4, 0.5) is 0 Å². The van der Waals surface area contributed by atoms with E-state index in [4.69, 9.17) is 21.1 Å². The molecule has 1 aliphatic carbocycles. The molecule has 1 saturated carbocycles. The standard InChI is InChI=1S/C17H21ClN2O5/c18-13-6-12(7-19-16(13)25-8-10-3-4-10)15(21)20-14(17(22)23)11-2-1-5-24-9-11/h6-7,10-11,14H,1-5,8-9H2,(H,20,21)(H,22,23). The Morgan fingerprint density at radius 1 is 1.44 bits per heavy atom. The van der Waals surface area contributed by atoms with Gasteiger partial charge in [0.05, 0.1) is 18.8 Å². The highest BCUT2D eigenvalue weighted by molar-refractivity contribution is 6.32. The minimum absolute atomic E-state index is 0.201. The highest BCUT2D eigenvalue weighted by Gasteiger charge is 2.32. The number of carbonyl (C=O) groups is 2. The summed E-state index contributed by atoms with van der Waals surface area (Å²) in [6.45, 7) is 1.52. The Morgan fingerprint density at radius 2 is 2.24 bits per heavy atom. The molecule has 1 saturated heterocycles. The van der Waals surface area contributed by atoms with Gasteiger partial charge < -0.3 is 19.9 Å². The van der Waals surface area contributed by atoms with Gasteiger partial charge >= 0.3 is 5.97 Å². The van der Waals surface area contributed by atoms with E-state index in [1.807, 2.05) is 0 Å². The van der Waals surface area contributed by atoms with Crippen LogP contribution >= 0.6 is 11.6 Å². The van der Waals surface area contributed by atoms with E-state index in [9.17, 15) is 14.7 Å². The van der Waals surface area contributed by atoms with Crippen LogP contribution in [0.2, 0.25) is 5.02 Å². The number of nitrogens with one attached hydrogen (secondary N) is 1. The number of pyridine rings is 1. The van der Waals surface area contributed by atoms with Gasteiger partial charge in [-0.2, -0.15) is 0 Å². The number of amides is 1. The second-order valence-electron chi connectivity index (χ2n) is 6.53. The summed E-state index contributed by atoms with van der Waals surface area (Å²) in [5.74, 6) is -0.997. The number of aliphatic carboxylic acids is 1. The zero-order valence-electron chi connectivity index (χ0n) is 13.7. The number of halogens is 1. The molecule has 2 unspecified atom stereocenters. The lowest BCUT2D eigenvalue weighted by atomic mass is 9.93. The van der Waals surface area contributed by atoms with E-state index in [0.717, 1.165) is 19.3 Å². The molecule has 0 radical (unpaired) electrons. The molecule has 25 heavy (non-hydrogen) atoms. The van der Waals surface area contributed by atoms with E-state index < -0.39 is 17.9 Å². The Bertz CT molecular complexity index is 644. The number of ether oxygens (including phenoxy) is 2. The van der Waals surface area contributed by atoms with Gasteiger partial charge in [0.2, 0.25) is 5.88 Å². The summed E-state index contributed by atoms with van der Waals surface area (Å²) in [7, 11) is 0. The van der Waals surface area contributed by atoms with Gasteiger partial charge in [0.1, 0.15) is 11.1 Å². The Labute approximate surface area is 150 Å². The molecule has 2 aliphatic rings. The maximum Gasteiger partial charge on any atom is 0.326 e. The van der Waals surface area contributed by atoms with Crippen LogP contribution in [-0.4, -0.2) is 47.8 Å². The maximum atomic E-state index is 12.4. The number of carboxylic acids is 1. The fourth-order valence-corrected chi connectivity index (χ4v) is 2.99. The fraction of sp³-hybridized carbons (Fsp3) is 0.588. The summed E-state index contributed by atoms with van der Waals surface area (Å²) in [5.41, 5.74) is 0.201. The van der Waals surface area contributed by atoms with E-state index >= 15 is 0 Å². The van der Waals surface area contributed by atoms with Crippen LogP contribution in [0.1, 0.15) is 36.0 Å². The van der Waals surface area contributed by atoms with E-state index in [2.05, 4.69) is 10.3 Å². The monoisotopic (exact) mass is 368 g/mol. The summed E-state index contributed by atoms with van der Waals surface area (Å²) < 4.78 is 10.8. The van der Waals surface area contributed by atoms with Crippen LogP contribution in [-0.2, 0) is 9.53 Å². The lowest BCUT2D eigenvalue weighted by molar-refractivity contribution is -0.142. The molecule has 1 amide bonds. The first-order chi connectivity index (χ1) is 12.0. The van der Waals surface area contributed by atoms with Crippen LogP contribution in [0.15, 0.2) is 12.3 Å². The van der Waals surface area contributed by atoms with Crippen molar-refractivity contribution in [1.29, 1.82) is 0 Å². The average molecular weight is 369 g/mol. The number of carboxylic acid groups (broad SMARTS) is 1. The first-order valence-corrected chi connectivity index (χ1v) is 8.82. The lowest BCUT2D eigenvalue weighted by Gasteiger charge is -2.28. The molecule has 2 fully saturated rings. The van der Waals surface area contributed by atoms with Crippen molar-refractivity contribution in [2.45, 2.75) is 31.7 Å². The SMILES string of the molecule is O=C(NC(C(=O)O)C1CCCOC1)c1cnc(OCC2CC2)c(Cl)c1. The quantitative estimate of drug-likeness (QED) is 0.765. The molecular formula is C17H21ClN2O5. The number of rotatable bonds is 7. The van der Waals surface area contributed by atoms with Crippen molar-refractivity contribution in [2.24, 2.45) is 11.8 Å². The second-order valence-corrected chi connectivity index (χ2v) is 6.94. The minimum atomic E-state index is -1.08. The van der Waals surface area contributed by atoms with Gasteiger partial charge in [-0.3, -0.25) is 4.79 Å². The van der Waals surface area contributed by atoms with Crippen LogP contribution < -0.4 is 10.1 Å². The van der Waals surface area contributed by atoms with Crippen molar-refractivity contribution in [3.8, 4) is 5.88 Å². The number of aromatic nitrogens is 1. The zero-order valence-corrected chi connectivity index (χ0v) is 14.5. The predicted octanol–water partition coefficient (Wildman–Crippen LogP) is 2.13. The van der Waals surface area contributed by atoms with Crippen LogP contribution in [0.5, 0.6) is 5.88 Å². The van der Waals surface area contributed by atoms with E-state index in [1.165, 1.54) is 12.3 Å². The first-order valence-electron chi connectivity index (χ1n) is 8.44. The molecule has 2 N–H and O–H groups in total. The summed E-state index contributed by atoms with van der Waals surface area (Å²) in [5, 5.41) is 12.2. The van der Waals surface area contributed by atoms with Gasteiger partial charge in [-0.15, -0.1) is 0 Å². The molecular weight excluding hydrogens is 348 g/mol. The first kappa shape index (κ1) is 17.9. The van der Waals surface area contributed by atoms with Crippen LogP contribution in [0, 0.1) is 11.8 Å². The van der Waals surface area contributed by atoms with E-state index in [-0.39, 0.29) is 16.5 Å². The van der Waals surface area contributed by atoms with Crippen molar-refractivity contribution < 1.29 is 24.2 Å². The highest BCUT2D eigenvalue weighted by Crippen LogP contribution is 2.31. The molecule has 1 aromatic heterocycles. The van der Waals surface area contributed by atoms with Crippen LogP contribution in [0.25, 0.3) is 0 Å². The number of hydrogen-bond donors (Lipinski definition) is 2. The Morgan fingerprint density at radius 3 is 2.84 bits per heavy atom. The van der Waals surface area contributed by atoms with Crippen molar-refractivity contribution in [2.75, 3.05) is 19.8 Å². The van der Waals surface area contributed by atoms with Gasteiger partial charge in [-0.1, -0.05) is 11.6 Å². The number of nitrogens with zero attached hydrogens (tertiary/aromatic N) is 1. The summed E-state index contributed by atoms with van der Waals surface area (Å²) in [4.78, 5) is 28.0. The Balaban J connectivity index is 1.64. The Hall–Kier alpha value is -1.86. The number of carbonyl (C=O) groups excluding carboxylic acids is 1. The van der Waals surface area contributed by atoms with Crippen molar-refractivity contribution in [1.82, 2.24) is 10.3 Å². The lowest BCUT2D eigenvalue weighted by Crippen LogP contribution is -2.48. The third-order valence-corrected chi connectivity index (χ3v) is 4.71. The smallest absolute Gasteiger partial charge is 0.326 e. The van der Waals surface area contributed by atoms with Crippen molar-refractivity contribution in [3.63, 3.8) is 0 Å². The molecule has 0 bridgehead atoms. The summed E-state index contributed by atoms with van der Waals surface area (Å²) >= 11 is 6.12. The second kappa shape index (κ2) is 8.01. The molecule has 1 aromatic rings. The highest BCUT2D eigenvalue weighted by atomic mass is 35.5. The summed E-state index contributed by atoms with van der Waals surface area (Å²) in [6.07, 6.45) is 5.13. The van der Waals surface area contributed by atoms with Gasteiger partial charge in [-0.25, -0.2) is 9.78 Å². The minimum Gasteiger partial charge on any atom is -0.480 e. The zero-order chi connectivity index (χ0) is 17.8. The third kappa shape index (κ3) is 4.83. The van der Waals surface area contributed by atoms with Gasteiger partial charge in [0.15, 0.2) is 0 Å². The molecule has 1 aliphatic heterocycles. The number of hydrogen-bond acceptors (Lipinski definition) is 5. The van der Waals surface area contributed by atoms with E-state index in [1.54, 1.807) is 0 Å². The molecule has 2 heterocycles. The van der Waals surface area contributed by atoms with Gasteiger partial charge in [0, 0.05) is 18.7 Å². The molecule has 0 spiro atoms. The van der Waals surface area contributed by atoms with Crippen molar-refractivity contribution in [3.05, 3.63) is 22.8 Å². The molecule has 8 heteroatoms. The predicted molar refractivity (Wildman–Crippen MR) is 89.9 cm³/mol. The fourth-order valence-electron chi connectivity index (χ4n) is 2.77. The van der Waals surface area contributed by atoms with Gasteiger partial charge in [-0.05, 0) is 37.7 Å². The average Bonchev–Trinajstić information content (AvgIpc) is 3.43. The molecule has 7 nitrogen and oxygen atoms in total. The van der Waals surface area contributed by atoms with Gasteiger partial charge in [0.25, 0.3) is 5.91 Å². The topological polar surface area (TPSA) is 97.8 Å². The molecule has 0 aromatic carbocycles. The summed E-state index contributed by atoms with van der Waals surface area (Å²) in [6, 6.07) is 0.444. The normalized spacial score (nSPS) is 21.4. The Kier molecular flexibility index (Phi) is 5.75. The van der Waals surface area contributed by atoms with Crippen LogP contribution in [0.3, 0.4) is 0 Å². The third-order valence-electron chi connectivity index (χ3n) is 4.44. The van der Waals surface area contributed by atoms with E-state index in [0.29, 0.717) is 38.0 Å². The largest absolute Gasteiger partial charge is 0.480 e. The maximum absolute atomic E-state index is 12.4. The molecule has 2 atom stereocenters. The molecule has 136 valence electrons. The van der Waals surface area contributed by atoms with Crippen molar-refractivity contribution >= 4 is 23.5 Å².